The Hall–Kier alpha value is -2.02. The van der Waals surface area contributed by atoms with Gasteiger partial charge in [0.05, 0.1) is 10.8 Å². The SMILES string of the molecule is Cc1ccc(C)c(C(=O)CSc2nnc(COc3ccc(Cl)cc3Cl)o2)c1. The Morgan fingerprint density at radius 3 is 2.74 bits per heavy atom. The van der Waals surface area contributed by atoms with Gasteiger partial charge in [-0.05, 0) is 43.7 Å². The van der Waals surface area contributed by atoms with Gasteiger partial charge in [-0.25, -0.2) is 0 Å². The third-order valence-electron chi connectivity index (χ3n) is 3.71. The summed E-state index contributed by atoms with van der Waals surface area (Å²) in [5.41, 5.74) is 2.71. The summed E-state index contributed by atoms with van der Waals surface area (Å²) >= 11 is 13.1. The summed E-state index contributed by atoms with van der Waals surface area (Å²) in [6, 6.07) is 10.7. The molecular formula is C19H16Cl2N2O3S. The van der Waals surface area contributed by atoms with Crippen molar-refractivity contribution in [2.24, 2.45) is 0 Å². The smallest absolute Gasteiger partial charge is 0.277 e. The Bertz CT molecular complexity index is 975. The minimum Gasteiger partial charge on any atom is -0.482 e. The lowest BCUT2D eigenvalue weighted by Crippen LogP contribution is -2.05. The first-order chi connectivity index (χ1) is 12.9. The fourth-order valence-electron chi connectivity index (χ4n) is 2.33. The van der Waals surface area contributed by atoms with Gasteiger partial charge in [-0.1, -0.05) is 52.7 Å². The van der Waals surface area contributed by atoms with E-state index in [9.17, 15) is 4.79 Å². The van der Waals surface area contributed by atoms with Crippen LogP contribution in [0.15, 0.2) is 46.0 Å². The van der Waals surface area contributed by atoms with Crippen molar-refractivity contribution in [3.05, 3.63) is 69.0 Å². The zero-order valence-corrected chi connectivity index (χ0v) is 17.0. The van der Waals surface area contributed by atoms with Crippen molar-refractivity contribution in [1.82, 2.24) is 10.2 Å². The van der Waals surface area contributed by atoms with E-state index in [4.69, 9.17) is 32.4 Å². The van der Waals surface area contributed by atoms with Crippen molar-refractivity contribution in [3.8, 4) is 5.75 Å². The number of thioether (sulfide) groups is 1. The number of hydrogen-bond donors (Lipinski definition) is 0. The van der Waals surface area contributed by atoms with Crippen molar-refractivity contribution >= 4 is 40.7 Å². The summed E-state index contributed by atoms with van der Waals surface area (Å²) in [6.07, 6.45) is 0. The molecule has 0 N–H and O–H groups in total. The zero-order valence-electron chi connectivity index (χ0n) is 14.7. The molecule has 27 heavy (non-hydrogen) atoms. The third-order valence-corrected chi connectivity index (χ3v) is 5.06. The molecule has 0 bridgehead atoms. The Balaban J connectivity index is 1.56. The van der Waals surface area contributed by atoms with Gasteiger partial charge in [0.25, 0.3) is 11.1 Å². The number of ether oxygens (including phenoxy) is 1. The van der Waals surface area contributed by atoms with Crippen LogP contribution in [0.4, 0.5) is 0 Å². The fraction of sp³-hybridized carbons (Fsp3) is 0.211. The molecule has 3 rings (SSSR count). The zero-order chi connectivity index (χ0) is 19.4. The molecule has 3 aromatic rings. The maximum absolute atomic E-state index is 12.4. The summed E-state index contributed by atoms with van der Waals surface area (Å²) in [5, 5.41) is 9.09. The normalized spacial score (nSPS) is 10.8. The van der Waals surface area contributed by atoms with Crippen molar-refractivity contribution in [2.75, 3.05) is 5.75 Å². The lowest BCUT2D eigenvalue weighted by Gasteiger charge is -2.05. The number of aromatic nitrogens is 2. The van der Waals surface area contributed by atoms with Crippen LogP contribution in [0.25, 0.3) is 0 Å². The number of rotatable bonds is 7. The maximum atomic E-state index is 12.4. The first-order valence-electron chi connectivity index (χ1n) is 8.06. The van der Waals surface area contributed by atoms with Crippen LogP contribution in [0.3, 0.4) is 0 Å². The number of Topliss-reactive ketones (excluding diaryl/α,β-unsaturated/α-hetero) is 1. The molecule has 1 heterocycles. The number of ketones is 1. The molecule has 1 aromatic heterocycles. The number of nitrogens with zero attached hydrogens (tertiary/aromatic N) is 2. The van der Waals surface area contributed by atoms with E-state index in [-0.39, 0.29) is 18.1 Å². The summed E-state index contributed by atoms with van der Waals surface area (Å²) in [5.74, 6) is 1.00. The Labute approximate surface area is 171 Å². The molecule has 2 aromatic carbocycles. The Kier molecular flexibility index (Phi) is 6.42. The molecule has 140 valence electrons. The first-order valence-corrected chi connectivity index (χ1v) is 9.80. The molecule has 0 aliphatic heterocycles. The second kappa shape index (κ2) is 8.78. The molecule has 0 aliphatic carbocycles. The molecule has 5 nitrogen and oxygen atoms in total. The minimum absolute atomic E-state index is 0.0187. The standard InChI is InChI=1S/C19H16Cl2N2O3S/c1-11-3-4-12(2)14(7-11)16(24)10-27-19-23-22-18(26-19)9-25-17-6-5-13(20)8-15(17)21/h3-8H,9-10H2,1-2H3. The molecule has 0 amide bonds. The summed E-state index contributed by atoms with van der Waals surface area (Å²) in [7, 11) is 0. The highest BCUT2D eigenvalue weighted by Crippen LogP contribution is 2.28. The lowest BCUT2D eigenvalue weighted by molar-refractivity contribution is 0.102. The van der Waals surface area contributed by atoms with Gasteiger partial charge in [0.15, 0.2) is 12.4 Å². The molecule has 0 atom stereocenters. The van der Waals surface area contributed by atoms with Crippen LogP contribution in [0, 0.1) is 13.8 Å². The van der Waals surface area contributed by atoms with Gasteiger partial charge >= 0.3 is 0 Å². The van der Waals surface area contributed by atoms with Gasteiger partial charge in [0, 0.05) is 10.6 Å². The van der Waals surface area contributed by atoms with Gasteiger partial charge in [-0.15, -0.1) is 10.2 Å². The van der Waals surface area contributed by atoms with Crippen LogP contribution >= 0.6 is 35.0 Å². The quantitative estimate of drug-likeness (QED) is 0.367. The predicted molar refractivity (Wildman–Crippen MR) is 106 cm³/mol. The van der Waals surface area contributed by atoms with E-state index < -0.39 is 0 Å². The fourth-order valence-corrected chi connectivity index (χ4v) is 3.45. The summed E-state index contributed by atoms with van der Waals surface area (Å²) in [4.78, 5) is 12.4. The van der Waals surface area contributed by atoms with Gasteiger partial charge in [0.1, 0.15) is 5.75 Å². The van der Waals surface area contributed by atoms with Crippen LogP contribution in [-0.4, -0.2) is 21.7 Å². The second-order valence-corrected chi connectivity index (χ2v) is 7.63. The molecule has 0 radical (unpaired) electrons. The average Bonchev–Trinajstić information content (AvgIpc) is 3.09. The van der Waals surface area contributed by atoms with E-state index in [1.165, 1.54) is 11.8 Å². The van der Waals surface area contributed by atoms with Crippen molar-refractivity contribution in [2.45, 2.75) is 25.7 Å². The van der Waals surface area contributed by atoms with Crippen LogP contribution in [0.1, 0.15) is 27.4 Å². The van der Waals surface area contributed by atoms with E-state index in [1.54, 1.807) is 18.2 Å². The third kappa shape index (κ3) is 5.25. The molecule has 0 saturated heterocycles. The van der Waals surface area contributed by atoms with E-state index in [2.05, 4.69) is 10.2 Å². The predicted octanol–water partition coefficient (Wildman–Crippen LogP) is 5.55. The summed E-state index contributed by atoms with van der Waals surface area (Å²) in [6.45, 7) is 3.95. The molecule has 0 saturated carbocycles. The monoisotopic (exact) mass is 422 g/mol. The first kappa shape index (κ1) is 19.7. The molecule has 0 aliphatic rings. The topological polar surface area (TPSA) is 65.2 Å². The van der Waals surface area contributed by atoms with E-state index >= 15 is 0 Å². The van der Waals surface area contributed by atoms with Crippen LogP contribution in [0.2, 0.25) is 10.0 Å². The number of aryl methyl sites for hydroxylation is 2. The Morgan fingerprint density at radius 2 is 1.96 bits per heavy atom. The van der Waals surface area contributed by atoms with Crippen LogP contribution in [0.5, 0.6) is 5.75 Å². The summed E-state index contributed by atoms with van der Waals surface area (Å²) < 4.78 is 11.1. The molecule has 0 spiro atoms. The number of benzene rings is 2. The van der Waals surface area contributed by atoms with Crippen molar-refractivity contribution in [1.29, 1.82) is 0 Å². The molecular weight excluding hydrogens is 407 g/mol. The minimum atomic E-state index is 0.0187. The largest absolute Gasteiger partial charge is 0.482 e. The number of hydrogen-bond acceptors (Lipinski definition) is 6. The van der Waals surface area contributed by atoms with Crippen LogP contribution < -0.4 is 4.74 Å². The molecule has 0 fully saturated rings. The molecule has 0 unspecified atom stereocenters. The number of halogens is 2. The number of carbonyl (C=O) groups excluding carboxylic acids is 1. The van der Waals surface area contributed by atoms with E-state index in [0.29, 0.717) is 32.5 Å². The highest BCUT2D eigenvalue weighted by molar-refractivity contribution is 7.99. The van der Waals surface area contributed by atoms with Gasteiger partial charge in [0.2, 0.25) is 0 Å². The highest BCUT2D eigenvalue weighted by atomic mass is 35.5. The maximum Gasteiger partial charge on any atom is 0.277 e. The van der Waals surface area contributed by atoms with Crippen molar-refractivity contribution < 1.29 is 13.9 Å². The van der Waals surface area contributed by atoms with Crippen LogP contribution in [-0.2, 0) is 6.61 Å². The van der Waals surface area contributed by atoms with Gasteiger partial charge in [-0.2, -0.15) is 0 Å². The average molecular weight is 423 g/mol. The van der Waals surface area contributed by atoms with Gasteiger partial charge in [-0.3, -0.25) is 4.79 Å². The Morgan fingerprint density at radius 1 is 1.15 bits per heavy atom. The van der Waals surface area contributed by atoms with E-state index in [1.807, 2.05) is 32.0 Å². The molecule has 8 heteroatoms. The van der Waals surface area contributed by atoms with E-state index in [0.717, 1.165) is 11.1 Å². The lowest BCUT2D eigenvalue weighted by atomic mass is 10.0. The van der Waals surface area contributed by atoms with Gasteiger partial charge < -0.3 is 9.15 Å². The second-order valence-electron chi connectivity index (χ2n) is 5.86. The van der Waals surface area contributed by atoms with Crippen molar-refractivity contribution in [3.63, 3.8) is 0 Å². The highest BCUT2D eigenvalue weighted by Gasteiger charge is 2.14. The number of carbonyl (C=O) groups is 1.